The van der Waals surface area contributed by atoms with Gasteiger partial charge in [-0.1, -0.05) is 11.6 Å². The Morgan fingerprint density at radius 3 is 2.56 bits per heavy atom. The van der Waals surface area contributed by atoms with Crippen molar-refractivity contribution in [3.05, 3.63) is 65.7 Å². The molecule has 0 aliphatic heterocycles. The highest BCUT2D eigenvalue weighted by molar-refractivity contribution is 9.11. The summed E-state index contributed by atoms with van der Waals surface area (Å²) >= 11 is 12.6. The number of ketones is 1. The van der Waals surface area contributed by atoms with E-state index < -0.39 is 30.3 Å². The zero-order valence-corrected chi connectivity index (χ0v) is 17.5. The molecule has 3 aromatic rings. The summed E-state index contributed by atoms with van der Waals surface area (Å²) in [6.07, 6.45) is -2.72. The third-order valence-corrected chi connectivity index (χ3v) is 5.76. The van der Waals surface area contributed by atoms with E-state index in [2.05, 4.69) is 31.9 Å². The predicted molar refractivity (Wildman–Crippen MR) is 103 cm³/mol. The number of nitrogens with zero attached hydrogens (tertiary/aromatic N) is 2. The largest absolute Gasteiger partial charge is 0.329 e. The van der Waals surface area contributed by atoms with E-state index in [0.717, 1.165) is 21.3 Å². The molecule has 27 heavy (non-hydrogen) atoms. The average Bonchev–Trinajstić information content (AvgIpc) is 2.81. The van der Waals surface area contributed by atoms with Crippen molar-refractivity contribution in [1.29, 1.82) is 0 Å². The van der Waals surface area contributed by atoms with Crippen LogP contribution in [0.15, 0.2) is 38.0 Å². The van der Waals surface area contributed by atoms with E-state index >= 15 is 0 Å². The fraction of sp³-hybridized carbons (Fsp3) is 0.176. The first-order valence-corrected chi connectivity index (χ1v) is 9.45. The second-order valence-electron chi connectivity index (χ2n) is 5.71. The first-order chi connectivity index (χ1) is 12.6. The summed E-state index contributed by atoms with van der Waals surface area (Å²) in [5.74, 6) is -1.22. The van der Waals surface area contributed by atoms with Crippen LogP contribution in [-0.4, -0.2) is 21.3 Å². The van der Waals surface area contributed by atoms with Gasteiger partial charge < -0.3 is 0 Å². The molecule has 4 nitrogen and oxygen atoms in total. The van der Waals surface area contributed by atoms with Crippen LogP contribution in [-0.2, 0) is 13.6 Å². The van der Waals surface area contributed by atoms with Crippen molar-refractivity contribution in [2.24, 2.45) is 7.05 Å². The molecular weight excluding hydrogens is 516 g/mol. The molecule has 1 heterocycles. The fourth-order valence-corrected chi connectivity index (χ4v) is 4.76. The Morgan fingerprint density at radius 2 is 1.93 bits per heavy atom. The number of rotatable bonds is 4. The Morgan fingerprint density at radius 1 is 1.26 bits per heavy atom. The number of imidazole rings is 1. The Bertz CT molecular complexity index is 1140. The Labute approximate surface area is 172 Å². The molecule has 0 spiro atoms. The molecule has 0 atom stereocenters. The average molecular weight is 527 g/mol. The molecule has 0 fully saturated rings. The highest BCUT2D eigenvalue weighted by Gasteiger charge is 2.25. The summed E-state index contributed by atoms with van der Waals surface area (Å²) in [5, 5.41) is 0.0597. The molecule has 2 aromatic carbocycles. The van der Waals surface area contributed by atoms with Crippen LogP contribution in [0.1, 0.15) is 15.9 Å². The quantitative estimate of drug-likeness (QED) is 0.442. The van der Waals surface area contributed by atoms with Gasteiger partial charge in [0.05, 0.1) is 32.6 Å². The summed E-state index contributed by atoms with van der Waals surface area (Å²) in [4.78, 5) is 25.3. The van der Waals surface area contributed by atoms with Gasteiger partial charge in [0.15, 0.2) is 5.78 Å². The maximum atomic E-state index is 13.6. The smallest absolute Gasteiger partial charge is 0.294 e. The molecule has 0 bridgehead atoms. The number of alkyl halides is 2. The van der Waals surface area contributed by atoms with Crippen LogP contribution in [0.2, 0.25) is 5.02 Å². The van der Waals surface area contributed by atoms with Crippen molar-refractivity contribution < 1.29 is 18.0 Å². The number of carbonyl (C=O) groups is 1. The Kier molecular flexibility index (Phi) is 5.56. The molecule has 0 aliphatic rings. The number of fused-ring (bicyclic) bond motifs is 1. The van der Waals surface area contributed by atoms with E-state index in [0.29, 0.717) is 0 Å². The van der Waals surface area contributed by atoms with Crippen molar-refractivity contribution in [2.45, 2.75) is 13.0 Å². The van der Waals surface area contributed by atoms with E-state index in [1.165, 1.54) is 19.2 Å². The Hall–Kier alpha value is -1.58. The van der Waals surface area contributed by atoms with Crippen molar-refractivity contribution in [3.8, 4) is 0 Å². The van der Waals surface area contributed by atoms with E-state index in [4.69, 9.17) is 11.6 Å². The molecule has 0 amide bonds. The van der Waals surface area contributed by atoms with Crippen molar-refractivity contribution in [2.75, 3.05) is 0 Å². The summed E-state index contributed by atoms with van der Waals surface area (Å²) in [7, 11) is 1.41. The third-order valence-electron chi connectivity index (χ3n) is 4.04. The van der Waals surface area contributed by atoms with Gasteiger partial charge in [-0.05, 0) is 56.1 Å². The first kappa shape index (κ1) is 20.2. The summed E-state index contributed by atoms with van der Waals surface area (Å²) in [6, 6.07) is 4.80. The SMILES string of the molecule is Cn1c(=O)n(CC(F)F)c2cc(Br)c(C(=O)c3cc(F)ccc3Cl)c(Br)c21. The zero-order valence-electron chi connectivity index (χ0n) is 13.6. The van der Waals surface area contributed by atoms with Gasteiger partial charge in [0, 0.05) is 17.1 Å². The summed E-state index contributed by atoms with van der Waals surface area (Å²) in [6.45, 7) is -0.780. The van der Waals surface area contributed by atoms with E-state index in [9.17, 15) is 22.8 Å². The first-order valence-electron chi connectivity index (χ1n) is 7.48. The maximum Gasteiger partial charge on any atom is 0.329 e. The minimum absolute atomic E-state index is 0.0597. The van der Waals surface area contributed by atoms with E-state index in [1.807, 2.05) is 0 Å². The van der Waals surface area contributed by atoms with Gasteiger partial charge in [-0.25, -0.2) is 18.0 Å². The zero-order chi connectivity index (χ0) is 20.0. The lowest BCUT2D eigenvalue weighted by Gasteiger charge is -2.11. The number of hydrogen-bond acceptors (Lipinski definition) is 2. The molecule has 0 saturated carbocycles. The molecule has 0 N–H and O–H groups in total. The van der Waals surface area contributed by atoms with Crippen molar-refractivity contribution in [3.63, 3.8) is 0 Å². The molecular formula is C17H10Br2ClF3N2O2. The van der Waals surface area contributed by atoms with Gasteiger partial charge in [0.25, 0.3) is 6.43 Å². The van der Waals surface area contributed by atoms with Gasteiger partial charge in [0.2, 0.25) is 0 Å². The lowest BCUT2D eigenvalue weighted by Crippen LogP contribution is -2.24. The second kappa shape index (κ2) is 7.44. The maximum absolute atomic E-state index is 13.6. The molecule has 0 aliphatic carbocycles. The normalized spacial score (nSPS) is 11.6. The van der Waals surface area contributed by atoms with Crippen LogP contribution in [0.25, 0.3) is 11.0 Å². The van der Waals surface area contributed by atoms with Crippen molar-refractivity contribution in [1.82, 2.24) is 9.13 Å². The summed E-state index contributed by atoms with van der Waals surface area (Å²) in [5.41, 5.74) is -0.122. The molecule has 10 heteroatoms. The van der Waals surface area contributed by atoms with Crippen LogP contribution in [0.5, 0.6) is 0 Å². The number of hydrogen-bond donors (Lipinski definition) is 0. The lowest BCUT2D eigenvalue weighted by molar-refractivity contribution is 0.103. The molecule has 0 radical (unpaired) electrons. The number of benzene rings is 2. The Balaban J connectivity index is 2.30. The van der Waals surface area contributed by atoms with Gasteiger partial charge in [0.1, 0.15) is 5.82 Å². The van der Waals surface area contributed by atoms with E-state index in [-0.39, 0.29) is 36.1 Å². The number of carbonyl (C=O) groups excluding carboxylic acids is 1. The molecule has 3 rings (SSSR count). The van der Waals surface area contributed by atoms with Crippen LogP contribution < -0.4 is 5.69 Å². The van der Waals surface area contributed by atoms with Crippen molar-refractivity contribution >= 4 is 60.3 Å². The standard InChI is InChI=1S/C17H10Br2ClF3N2O2/c1-24-15-11(25(17(24)27)6-12(22)23)5-9(18)13(14(15)19)16(26)8-4-7(21)2-3-10(8)20/h2-5,12H,6H2,1H3. The lowest BCUT2D eigenvalue weighted by atomic mass is 10.0. The van der Waals surface area contributed by atoms with Crippen LogP contribution in [0, 0.1) is 5.82 Å². The second-order valence-corrected chi connectivity index (χ2v) is 7.77. The molecule has 142 valence electrons. The van der Waals surface area contributed by atoms with Crippen LogP contribution in [0.4, 0.5) is 13.2 Å². The van der Waals surface area contributed by atoms with Crippen LogP contribution >= 0.6 is 43.5 Å². The molecule has 0 unspecified atom stereocenters. The van der Waals surface area contributed by atoms with Gasteiger partial charge >= 0.3 is 5.69 Å². The fourth-order valence-electron chi connectivity index (χ4n) is 2.83. The minimum atomic E-state index is -2.72. The highest BCUT2D eigenvalue weighted by Crippen LogP contribution is 2.36. The third kappa shape index (κ3) is 3.48. The molecule has 0 saturated heterocycles. The topological polar surface area (TPSA) is 44.0 Å². The molecule has 1 aromatic heterocycles. The number of aromatic nitrogens is 2. The number of halogens is 6. The number of aryl methyl sites for hydroxylation is 1. The van der Waals surface area contributed by atoms with Crippen LogP contribution in [0.3, 0.4) is 0 Å². The van der Waals surface area contributed by atoms with Gasteiger partial charge in [-0.3, -0.25) is 13.9 Å². The minimum Gasteiger partial charge on any atom is -0.294 e. The van der Waals surface area contributed by atoms with Gasteiger partial charge in [-0.2, -0.15) is 0 Å². The summed E-state index contributed by atoms with van der Waals surface area (Å²) < 4.78 is 41.8. The highest BCUT2D eigenvalue weighted by atomic mass is 79.9. The monoisotopic (exact) mass is 524 g/mol. The van der Waals surface area contributed by atoms with E-state index in [1.54, 1.807) is 0 Å². The van der Waals surface area contributed by atoms with Gasteiger partial charge in [-0.15, -0.1) is 0 Å². The predicted octanol–water partition coefficient (Wildman–Crippen LogP) is 5.15.